The Labute approximate surface area is 82.4 Å². The molecule has 1 rings (SSSR count). The van der Waals surface area contributed by atoms with Gasteiger partial charge in [-0.05, 0) is 13.3 Å². The van der Waals surface area contributed by atoms with Crippen LogP contribution in [-0.2, 0) is 14.3 Å². The van der Waals surface area contributed by atoms with Crippen molar-refractivity contribution in [2.45, 2.75) is 44.9 Å². The van der Waals surface area contributed by atoms with Crippen molar-refractivity contribution in [3.63, 3.8) is 0 Å². The molecule has 2 N–H and O–H groups in total. The Balaban J connectivity index is 2.46. The highest BCUT2D eigenvalue weighted by Crippen LogP contribution is 2.17. The molecule has 0 bridgehead atoms. The molecule has 0 spiro atoms. The van der Waals surface area contributed by atoms with Gasteiger partial charge in [0.15, 0.2) is 0 Å². The molecule has 0 aromatic carbocycles. The van der Waals surface area contributed by atoms with Gasteiger partial charge in [-0.2, -0.15) is 0 Å². The van der Waals surface area contributed by atoms with E-state index in [0.29, 0.717) is 6.42 Å². The number of hydrogen-bond donors (Lipinski definition) is 2. The van der Waals surface area contributed by atoms with Crippen LogP contribution in [0, 0.1) is 0 Å². The minimum absolute atomic E-state index is 0.0685. The van der Waals surface area contributed by atoms with Crippen molar-refractivity contribution in [3.8, 4) is 0 Å². The van der Waals surface area contributed by atoms with Gasteiger partial charge >= 0.3 is 11.9 Å². The molecule has 0 amide bonds. The first kappa shape index (κ1) is 11.0. The van der Waals surface area contributed by atoms with Crippen molar-refractivity contribution >= 4 is 11.9 Å². The first-order valence-corrected chi connectivity index (χ1v) is 4.74. The third-order valence-electron chi connectivity index (χ3n) is 2.34. The summed E-state index contributed by atoms with van der Waals surface area (Å²) in [7, 11) is 0. The number of esters is 1. The van der Waals surface area contributed by atoms with E-state index in [9.17, 15) is 9.59 Å². The van der Waals surface area contributed by atoms with E-state index in [0.717, 1.165) is 6.42 Å². The van der Waals surface area contributed by atoms with Gasteiger partial charge in [-0.15, -0.1) is 0 Å². The van der Waals surface area contributed by atoms with Crippen LogP contribution in [-0.4, -0.2) is 35.2 Å². The Morgan fingerprint density at radius 3 is 2.86 bits per heavy atom. The van der Waals surface area contributed by atoms with Gasteiger partial charge in [0.2, 0.25) is 0 Å². The number of carbonyl (C=O) groups is 2. The molecule has 0 aliphatic carbocycles. The normalized spacial score (nSPS) is 28.6. The lowest BCUT2D eigenvalue weighted by molar-refractivity contribution is -0.143. The highest BCUT2D eigenvalue weighted by atomic mass is 16.6. The zero-order chi connectivity index (χ0) is 10.7. The van der Waals surface area contributed by atoms with Gasteiger partial charge in [0.25, 0.3) is 0 Å². The van der Waals surface area contributed by atoms with Gasteiger partial charge in [-0.3, -0.25) is 14.9 Å². The lowest BCUT2D eigenvalue weighted by Gasteiger charge is -2.12. The Hall–Kier alpha value is -1.10. The zero-order valence-corrected chi connectivity index (χ0v) is 8.32. The van der Waals surface area contributed by atoms with Crippen LogP contribution in [0.1, 0.15) is 26.7 Å². The molecule has 1 heterocycles. The van der Waals surface area contributed by atoms with E-state index in [2.05, 4.69) is 5.32 Å². The van der Waals surface area contributed by atoms with Gasteiger partial charge in [-0.1, -0.05) is 6.92 Å². The van der Waals surface area contributed by atoms with Crippen LogP contribution < -0.4 is 5.32 Å². The minimum atomic E-state index is -0.960. The number of rotatable bonds is 4. The van der Waals surface area contributed by atoms with E-state index in [1.807, 2.05) is 6.92 Å². The van der Waals surface area contributed by atoms with E-state index < -0.39 is 18.1 Å². The van der Waals surface area contributed by atoms with Gasteiger partial charge in [0, 0.05) is 6.42 Å². The molecule has 14 heavy (non-hydrogen) atoms. The topological polar surface area (TPSA) is 75.6 Å². The fourth-order valence-corrected chi connectivity index (χ4v) is 1.41. The molecule has 1 saturated heterocycles. The van der Waals surface area contributed by atoms with E-state index >= 15 is 0 Å². The van der Waals surface area contributed by atoms with Crippen molar-refractivity contribution < 1.29 is 19.4 Å². The summed E-state index contributed by atoms with van der Waals surface area (Å²) < 4.78 is 5.01. The van der Waals surface area contributed by atoms with Crippen LogP contribution in [0.2, 0.25) is 0 Å². The molecule has 5 heteroatoms. The predicted octanol–water partition coefficient (Wildman–Crippen LogP) is 0.143. The predicted molar refractivity (Wildman–Crippen MR) is 48.8 cm³/mol. The van der Waals surface area contributed by atoms with Crippen molar-refractivity contribution in [3.05, 3.63) is 0 Å². The molecule has 2 unspecified atom stereocenters. The number of carboxylic acid groups (broad SMARTS) is 1. The summed E-state index contributed by atoms with van der Waals surface area (Å²) in [6.07, 6.45) is 1.26. The quantitative estimate of drug-likeness (QED) is 0.633. The van der Waals surface area contributed by atoms with Crippen LogP contribution >= 0.6 is 0 Å². The van der Waals surface area contributed by atoms with Crippen LogP contribution in [0.15, 0.2) is 0 Å². The fourth-order valence-electron chi connectivity index (χ4n) is 1.41. The maximum atomic E-state index is 11.2. The molecule has 0 aromatic heterocycles. The molecular formula is C9H15NO4. The SMILES string of the molecule is CCC1CC(N[C@@H](C)C(=O)O)C(=O)O1. The lowest BCUT2D eigenvalue weighted by Crippen LogP contribution is -2.43. The highest BCUT2D eigenvalue weighted by molar-refractivity contribution is 5.80. The Bertz CT molecular complexity index is 241. The number of hydrogen-bond acceptors (Lipinski definition) is 4. The van der Waals surface area contributed by atoms with Crippen LogP contribution in [0.25, 0.3) is 0 Å². The van der Waals surface area contributed by atoms with Crippen molar-refractivity contribution in [2.75, 3.05) is 0 Å². The second kappa shape index (κ2) is 4.41. The first-order chi connectivity index (χ1) is 6.54. The number of aliphatic carboxylic acids is 1. The average Bonchev–Trinajstić information content (AvgIpc) is 2.47. The van der Waals surface area contributed by atoms with E-state index in [1.54, 1.807) is 0 Å². The second-order valence-electron chi connectivity index (χ2n) is 3.48. The largest absolute Gasteiger partial charge is 0.480 e. The molecule has 1 aliphatic rings. The van der Waals surface area contributed by atoms with Gasteiger partial charge in [-0.25, -0.2) is 0 Å². The first-order valence-electron chi connectivity index (χ1n) is 4.74. The second-order valence-corrected chi connectivity index (χ2v) is 3.48. The molecule has 80 valence electrons. The molecule has 0 radical (unpaired) electrons. The van der Waals surface area contributed by atoms with Crippen molar-refractivity contribution in [1.82, 2.24) is 5.32 Å². The monoisotopic (exact) mass is 201 g/mol. The average molecular weight is 201 g/mol. The van der Waals surface area contributed by atoms with Gasteiger partial charge in [0.1, 0.15) is 18.2 Å². The summed E-state index contributed by atoms with van der Waals surface area (Å²) >= 11 is 0. The molecule has 1 fully saturated rings. The molecule has 5 nitrogen and oxygen atoms in total. The summed E-state index contributed by atoms with van der Waals surface area (Å²) in [4.78, 5) is 21.8. The Morgan fingerprint density at radius 1 is 1.79 bits per heavy atom. The summed E-state index contributed by atoms with van der Waals surface area (Å²) in [6, 6.07) is -1.19. The van der Waals surface area contributed by atoms with E-state index in [4.69, 9.17) is 9.84 Å². The molecular weight excluding hydrogens is 186 g/mol. The van der Waals surface area contributed by atoms with Crippen molar-refractivity contribution in [1.29, 1.82) is 0 Å². The highest BCUT2D eigenvalue weighted by Gasteiger charge is 2.34. The Morgan fingerprint density at radius 2 is 2.43 bits per heavy atom. The standard InChI is InChI=1S/C9H15NO4/c1-3-6-4-7(9(13)14-6)10-5(2)8(11)12/h5-7,10H,3-4H2,1-2H3,(H,11,12)/t5-,6?,7?/m0/s1. The van der Waals surface area contributed by atoms with Crippen molar-refractivity contribution in [2.24, 2.45) is 0 Å². The fraction of sp³-hybridized carbons (Fsp3) is 0.778. The van der Waals surface area contributed by atoms with E-state index in [1.165, 1.54) is 6.92 Å². The van der Waals surface area contributed by atoms with Crippen LogP contribution in [0.4, 0.5) is 0 Å². The van der Waals surface area contributed by atoms with Crippen LogP contribution in [0.5, 0.6) is 0 Å². The lowest BCUT2D eigenvalue weighted by atomic mass is 10.1. The third kappa shape index (κ3) is 2.45. The maximum Gasteiger partial charge on any atom is 0.323 e. The van der Waals surface area contributed by atoms with E-state index in [-0.39, 0.29) is 12.1 Å². The van der Waals surface area contributed by atoms with Crippen LogP contribution in [0.3, 0.4) is 0 Å². The third-order valence-corrected chi connectivity index (χ3v) is 2.34. The number of carbonyl (C=O) groups excluding carboxylic acids is 1. The number of cyclic esters (lactones) is 1. The number of carboxylic acids is 1. The summed E-state index contributed by atoms with van der Waals surface area (Å²) in [5.74, 6) is -1.30. The molecule has 0 aromatic rings. The minimum Gasteiger partial charge on any atom is -0.480 e. The zero-order valence-electron chi connectivity index (χ0n) is 8.32. The van der Waals surface area contributed by atoms with Gasteiger partial charge < -0.3 is 9.84 Å². The summed E-state index contributed by atoms with van der Waals surface area (Å²) in [5.41, 5.74) is 0. The molecule has 0 saturated carbocycles. The van der Waals surface area contributed by atoms with Gasteiger partial charge in [0.05, 0.1) is 0 Å². The summed E-state index contributed by atoms with van der Waals surface area (Å²) in [6.45, 7) is 3.44. The molecule has 3 atom stereocenters. The number of nitrogens with one attached hydrogen (secondary N) is 1. The Kier molecular flexibility index (Phi) is 3.46. The smallest absolute Gasteiger partial charge is 0.323 e. The maximum absolute atomic E-state index is 11.2. The molecule has 1 aliphatic heterocycles. The number of ether oxygens (including phenoxy) is 1. The summed E-state index contributed by atoms with van der Waals surface area (Å²) in [5, 5.41) is 11.4.